The van der Waals surface area contributed by atoms with Crippen molar-refractivity contribution in [3.05, 3.63) is 59.7 Å². The topological polar surface area (TPSA) is 92.8 Å². The van der Waals surface area contributed by atoms with E-state index in [0.717, 1.165) is 4.90 Å². The number of imide groups is 1. The van der Waals surface area contributed by atoms with Gasteiger partial charge < -0.3 is 4.74 Å². The van der Waals surface area contributed by atoms with E-state index < -0.39 is 27.6 Å². The summed E-state index contributed by atoms with van der Waals surface area (Å²) >= 11 is 0. The van der Waals surface area contributed by atoms with E-state index >= 15 is 0 Å². The monoisotopic (exact) mass is 360 g/mol. The van der Waals surface area contributed by atoms with Crippen molar-refractivity contribution in [2.75, 3.05) is 24.1 Å². The van der Waals surface area contributed by atoms with Crippen LogP contribution in [0.25, 0.3) is 0 Å². The molecule has 1 aliphatic rings. The van der Waals surface area contributed by atoms with Gasteiger partial charge in [0.1, 0.15) is 5.75 Å². The highest BCUT2D eigenvalue weighted by molar-refractivity contribution is 7.92. The molecule has 2 aromatic carbocycles. The Bertz CT molecular complexity index is 905. The Morgan fingerprint density at radius 3 is 2.12 bits per heavy atom. The second-order valence-electron chi connectivity index (χ2n) is 5.43. The molecule has 1 aliphatic heterocycles. The summed E-state index contributed by atoms with van der Waals surface area (Å²) < 4.78 is 32.1. The largest absolute Gasteiger partial charge is 0.495 e. The fourth-order valence-corrected chi connectivity index (χ4v) is 3.63. The zero-order valence-electron chi connectivity index (χ0n) is 13.4. The number of nitrogens with one attached hydrogen (secondary N) is 1. The van der Waals surface area contributed by atoms with Crippen molar-refractivity contribution in [1.82, 2.24) is 4.90 Å². The van der Waals surface area contributed by atoms with E-state index in [9.17, 15) is 18.0 Å². The molecule has 0 saturated heterocycles. The zero-order valence-corrected chi connectivity index (χ0v) is 14.2. The van der Waals surface area contributed by atoms with Gasteiger partial charge in [0.25, 0.3) is 11.8 Å². The third kappa shape index (κ3) is 3.34. The van der Waals surface area contributed by atoms with Gasteiger partial charge >= 0.3 is 0 Å². The standard InChI is InChI=1S/C17H16N2O5S/c1-24-15-9-5-4-8-14(15)18-25(22,23)11-10-19-16(20)12-6-2-3-7-13(12)17(19)21/h2-9,18H,10-11H2,1H3. The quantitative estimate of drug-likeness (QED) is 0.792. The summed E-state index contributed by atoms with van der Waals surface area (Å²) in [6.07, 6.45) is 0. The molecular formula is C17H16N2O5S. The van der Waals surface area contributed by atoms with E-state index in [-0.39, 0.29) is 6.54 Å². The molecule has 0 fully saturated rings. The van der Waals surface area contributed by atoms with E-state index in [0.29, 0.717) is 22.6 Å². The molecule has 0 saturated carbocycles. The highest BCUT2D eigenvalue weighted by Crippen LogP contribution is 2.25. The lowest BCUT2D eigenvalue weighted by Gasteiger charge is -2.15. The van der Waals surface area contributed by atoms with Gasteiger partial charge in [0.05, 0.1) is 29.7 Å². The number of carbonyl (C=O) groups is 2. The molecule has 2 amide bonds. The third-order valence-electron chi connectivity index (χ3n) is 3.83. The molecule has 1 heterocycles. The van der Waals surface area contributed by atoms with E-state index in [4.69, 9.17) is 4.74 Å². The average Bonchev–Trinajstić information content (AvgIpc) is 2.85. The first-order valence-electron chi connectivity index (χ1n) is 7.51. The summed E-state index contributed by atoms with van der Waals surface area (Å²) in [6, 6.07) is 13.0. The highest BCUT2D eigenvalue weighted by Gasteiger charge is 2.35. The van der Waals surface area contributed by atoms with Crippen molar-refractivity contribution < 1.29 is 22.7 Å². The lowest BCUT2D eigenvalue weighted by atomic mass is 10.1. The lowest BCUT2D eigenvalue weighted by molar-refractivity contribution is 0.0664. The van der Waals surface area contributed by atoms with Gasteiger partial charge in [-0.05, 0) is 24.3 Å². The van der Waals surface area contributed by atoms with Crippen molar-refractivity contribution in [2.45, 2.75) is 0 Å². The Kier molecular flexibility index (Phi) is 4.45. The summed E-state index contributed by atoms with van der Waals surface area (Å²) in [5.74, 6) is -0.982. The van der Waals surface area contributed by atoms with Crippen LogP contribution in [0.1, 0.15) is 20.7 Å². The Morgan fingerprint density at radius 1 is 0.960 bits per heavy atom. The summed E-state index contributed by atoms with van der Waals surface area (Å²) in [6.45, 7) is -0.225. The van der Waals surface area contributed by atoms with E-state index in [1.807, 2.05) is 0 Å². The Balaban J connectivity index is 1.71. The predicted molar refractivity (Wildman–Crippen MR) is 92.2 cm³/mol. The first kappa shape index (κ1) is 17.0. The molecule has 8 heteroatoms. The maximum atomic E-state index is 12.3. The number of amides is 2. The summed E-state index contributed by atoms with van der Waals surface area (Å²) in [5, 5.41) is 0. The molecule has 0 bridgehead atoms. The number of para-hydroxylation sites is 2. The Morgan fingerprint density at radius 2 is 1.52 bits per heavy atom. The minimum atomic E-state index is -3.76. The number of fused-ring (bicyclic) bond motifs is 1. The highest BCUT2D eigenvalue weighted by atomic mass is 32.2. The number of ether oxygens (including phenoxy) is 1. The van der Waals surface area contributed by atoms with Crippen LogP contribution in [0.2, 0.25) is 0 Å². The van der Waals surface area contributed by atoms with Crippen LogP contribution in [0.3, 0.4) is 0 Å². The van der Waals surface area contributed by atoms with Crippen molar-refractivity contribution in [2.24, 2.45) is 0 Å². The molecule has 2 aromatic rings. The van der Waals surface area contributed by atoms with Crippen LogP contribution < -0.4 is 9.46 Å². The summed E-state index contributed by atoms with van der Waals surface area (Å²) in [7, 11) is -2.33. The Hall–Kier alpha value is -2.87. The van der Waals surface area contributed by atoms with Crippen LogP contribution in [-0.2, 0) is 10.0 Å². The van der Waals surface area contributed by atoms with Gasteiger partial charge in [0.2, 0.25) is 10.0 Å². The molecule has 25 heavy (non-hydrogen) atoms. The number of methoxy groups -OCH3 is 1. The SMILES string of the molecule is COc1ccccc1NS(=O)(=O)CCN1C(=O)c2ccccc2C1=O. The van der Waals surface area contributed by atoms with Crippen LogP contribution >= 0.6 is 0 Å². The van der Waals surface area contributed by atoms with Crippen molar-refractivity contribution in [3.8, 4) is 5.75 Å². The molecule has 0 aliphatic carbocycles. The van der Waals surface area contributed by atoms with Crippen LogP contribution in [0.4, 0.5) is 5.69 Å². The second-order valence-corrected chi connectivity index (χ2v) is 7.27. The summed E-state index contributed by atoms with van der Waals surface area (Å²) in [4.78, 5) is 25.5. The van der Waals surface area contributed by atoms with Crippen LogP contribution in [0.15, 0.2) is 48.5 Å². The van der Waals surface area contributed by atoms with E-state index in [1.165, 1.54) is 7.11 Å². The predicted octanol–water partition coefficient (Wildman–Crippen LogP) is 1.73. The number of sulfonamides is 1. The average molecular weight is 360 g/mol. The number of benzene rings is 2. The number of carbonyl (C=O) groups excluding carboxylic acids is 2. The number of nitrogens with zero attached hydrogens (tertiary/aromatic N) is 1. The zero-order chi connectivity index (χ0) is 18.0. The first-order chi connectivity index (χ1) is 11.9. The smallest absolute Gasteiger partial charge is 0.261 e. The van der Waals surface area contributed by atoms with Gasteiger partial charge in [-0.1, -0.05) is 24.3 Å². The van der Waals surface area contributed by atoms with Crippen LogP contribution in [-0.4, -0.2) is 44.5 Å². The molecule has 0 radical (unpaired) electrons. The van der Waals surface area contributed by atoms with Crippen LogP contribution in [0.5, 0.6) is 5.75 Å². The van der Waals surface area contributed by atoms with Crippen molar-refractivity contribution >= 4 is 27.5 Å². The number of rotatable bonds is 6. The summed E-state index contributed by atoms with van der Waals surface area (Å²) in [5.41, 5.74) is 0.887. The molecule has 3 rings (SSSR count). The van der Waals surface area contributed by atoms with Gasteiger partial charge in [-0.25, -0.2) is 8.42 Å². The van der Waals surface area contributed by atoms with Gasteiger partial charge in [0, 0.05) is 6.54 Å². The number of hydrogen-bond donors (Lipinski definition) is 1. The van der Waals surface area contributed by atoms with Crippen molar-refractivity contribution in [3.63, 3.8) is 0 Å². The van der Waals surface area contributed by atoms with Gasteiger partial charge in [-0.3, -0.25) is 19.2 Å². The Labute approximate surface area is 145 Å². The number of anilines is 1. The number of hydrogen-bond acceptors (Lipinski definition) is 5. The van der Waals surface area contributed by atoms with Gasteiger partial charge in [-0.2, -0.15) is 0 Å². The molecule has 0 spiro atoms. The molecule has 7 nitrogen and oxygen atoms in total. The van der Waals surface area contributed by atoms with Crippen LogP contribution in [0, 0.1) is 0 Å². The maximum Gasteiger partial charge on any atom is 0.261 e. The third-order valence-corrected chi connectivity index (χ3v) is 5.09. The fourth-order valence-electron chi connectivity index (χ4n) is 2.60. The molecule has 0 aromatic heterocycles. The maximum absolute atomic E-state index is 12.3. The van der Waals surface area contributed by atoms with Gasteiger partial charge in [0.15, 0.2) is 0 Å². The van der Waals surface area contributed by atoms with Gasteiger partial charge in [-0.15, -0.1) is 0 Å². The second kappa shape index (κ2) is 6.56. The van der Waals surface area contributed by atoms with Crippen molar-refractivity contribution in [1.29, 1.82) is 0 Å². The van der Waals surface area contributed by atoms with E-state index in [1.54, 1.807) is 48.5 Å². The first-order valence-corrected chi connectivity index (χ1v) is 9.17. The molecule has 1 N–H and O–H groups in total. The molecular weight excluding hydrogens is 344 g/mol. The molecule has 130 valence electrons. The fraction of sp³-hybridized carbons (Fsp3) is 0.176. The minimum absolute atomic E-state index is 0.225. The van der Waals surface area contributed by atoms with E-state index in [2.05, 4.69) is 4.72 Å². The lowest BCUT2D eigenvalue weighted by Crippen LogP contribution is -2.35. The normalized spacial score (nSPS) is 13.7. The minimum Gasteiger partial charge on any atom is -0.495 e. The molecule has 0 unspecified atom stereocenters. The molecule has 0 atom stereocenters.